The quantitative estimate of drug-likeness (QED) is 0.412. The highest BCUT2D eigenvalue weighted by Gasteiger charge is 2.40. The van der Waals surface area contributed by atoms with Gasteiger partial charge in [0.1, 0.15) is 17.2 Å². The van der Waals surface area contributed by atoms with Crippen molar-refractivity contribution in [3.05, 3.63) is 76.6 Å². The fourth-order valence-electron chi connectivity index (χ4n) is 3.50. The summed E-state index contributed by atoms with van der Waals surface area (Å²) in [6.45, 7) is 6.51. The van der Waals surface area contributed by atoms with Gasteiger partial charge in [-0.3, -0.25) is 9.59 Å². The Morgan fingerprint density at radius 1 is 0.970 bits per heavy atom. The summed E-state index contributed by atoms with van der Waals surface area (Å²) < 4.78 is 11.4. The number of carbonyl (C=O) groups is 2. The predicted molar refractivity (Wildman–Crippen MR) is 132 cm³/mol. The van der Waals surface area contributed by atoms with Crippen LogP contribution in [0.25, 0.3) is 5.57 Å². The molecule has 2 aromatic carbocycles. The van der Waals surface area contributed by atoms with Gasteiger partial charge in [0.25, 0.3) is 11.8 Å². The molecule has 0 saturated carbocycles. The van der Waals surface area contributed by atoms with Crippen molar-refractivity contribution in [3.8, 4) is 11.5 Å². The van der Waals surface area contributed by atoms with Gasteiger partial charge in [0.15, 0.2) is 0 Å². The molecule has 0 radical (unpaired) electrons. The lowest BCUT2D eigenvalue weighted by Gasteiger charge is -2.16. The minimum atomic E-state index is -0.404. The van der Waals surface area contributed by atoms with Crippen LogP contribution >= 0.6 is 11.3 Å². The number of hydrogen-bond acceptors (Lipinski definition) is 6. The maximum atomic E-state index is 13.5. The summed E-state index contributed by atoms with van der Waals surface area (Å²) in [5, 5.41) is 5.06. The van der Waals surface area contributed by atoms with Gasteiger partial charge in [-0.25, -0.2) is 4.90 Å². The number of amides is 2. The highest BCUT2D eigenvalue weighted by Crippen LogP contribution is 2.36. The average molecular weight is 463 g/mol. The summed E-state index contributed by atoms with van der Waals surface area (Å²) in [4.78, 5) is 28.9. The minimum Gasteiger partial charge on any atom is -0.494 e. The number of rotatable bonds is 9. The van der Waals surface area contributed by atoms with Gasteiger partial charge in [-0.2, -0.15) is 0 Å². The van der Waals surface area contributed by atoms with Crippen molar-refractivity contribution in [2.75, 3.05) is 16.8 Å². The van der Waals surface area contributed by atoms with E-state index in [0.29, 0.717) is 29.3 Å². The molecule has 1 aliphatic heterocycles. The third-order valence-corrected chi connectivity index (χ3v) is 5.78. The smallest absolute Gasteiger partial charge is 0.282 e. The second-order valence-corrected chi connectivity index (χ2v) is 8.78. The summed E-state index contributed by atoms with van der Waals surface area (Å²) in [5.74, 6) is 0.591. The maximum absolute atomic E-state index is 13.5. The monoisotopic (exact) mass is 462 g/mol. The van der Waals surface area contributed by atoms with Crippen LogP contribution in [0.4, 0.5) is 11.4 Å². The van der Waals surface area contributed by atoms with Crippen LogP contribution in [-0.4, -0.2) is 24.5 Å². The van der Waals surface area contributed by atoms with Crippen LogP contribution in [0.2, 0.25) is 0 Å². The topological polar surface area (TPSA) is 67.9 Å². The van der Waals surface area contributed by atoms with Crippen molar-refractivity contribution in [1.29, 1.82) is 0 Å². The Bertz CT molecular complexity index is 1170. The molecule has 0 unspecified atom stereocenters. The molecule has 1 N–H and O–H groups in total. The molecule has 170 valence electrons. The van der Waals surface area contributed by atoms with Gasteiger partial charge in [0.05, 0.1) is 24.0 Å². The van der Waals surface area contributed by atoms with Gasteiger partial charge in [0.2, 0.25) is 0 Å². The molecule has 2 heterocycles. The summed E-state index contributed by atoms with van der Waals surface area (Å²) in [6, 6.07) is 18.1. The van der Waals surface area contributed by atoms with E-state index in [-0.39, 0.29) is 17.7 Å². The number of nitrogens with zero attached hydrogens (tertiary/aromatic N) is 1. The third kappa shape index (κ3) is 4.93. The highest BCUT2D eigenvalue weighted by molar-refractivity contribution is 7.11. The molecule has 1 aromatic heterocycles. The molecule has 4 rings (SSSR count). The lowest BCUT2D eigenvalue weighted by Crippen LogP contribution is -2.32. The van der Waals surface area contributed by atoms with Gasteiger partial charge in [0, 0.05) is 16.6 Å². The number of nitrogens with one attached hydrogen (secondary N) is 1. The number of benzene rings is 2. The third-order valence-electron chi connectivity index (χ3n) is 4.90. The van der Waals surface area contributed by atoms with Gasteiger partial charge in [-0.1, -0.05) is 19.1 Å². The van der Waals surface area contributed by atoms with Crippen molar-refractivity contribution in [1.82, 2.24) is 0 Å². The molecule has 3 aromatic rings. The number of thiophene rings is 1. The van der Waals surface area contributed by atoms with Crippen LogP contribution < -0.4 is 19.7 Å². The molecule has 33 heavy (non-hydrogen) atoms. The van der Waals surface area contributed by atoms with Crippen molar-refractivity contribution in [2.24, 2.45) is 0 Å². The van der Waals surface area contributed by atoms with Crippen molar-refractivity contribution in [2.45, 2.75) is 33.3 Å². The van der Waals surface area contributed by atoms with Crippen molar-refractivity contribution in [3.63, 3.8) is 0 Å². The summed E-state index contributed by atoms with van der Waals surface area (Å²) in [7, 11) is 0. The summed E-state index contributed by atoms with van der Waals surface area (Å²) in [6.07, 6.45) is 0.932. The van der Waals surface area contributed by atoms with Gasteiger partial charge in [-0.05, 0) is 68.1 Å². The second-order valence-electron chi connectivity index (χ2n) is 7.83. The molecule has 0 saturated heterocycles. The number of anilines is 2. The van der Waals surface area contributed by atoms with Gasteiger partial charge in [-0.15, -0.1) is 11.3 Å². The standard InChI is InChI=1S/C26H26N2O4S/c1-4-14-31-21-8-5-7-19(16-21)28-25(29)23(22-9-6-15-33-22)24(26(28)30)27-18-10-12-20(13-11-18)32-17(2)3/h5-13,15-17,27H,4,14H2,1-3H3. The van der Waals surface area contributed by atoms with Gasteiger partial charge >= 0.3 is 0 Å². The van der Waals surface area contributed by atoms with Crippen LogP contribution in [0.1, 0.15) is 32.1 Å². The Morgan fingerprint density at radius 2 is 1.76 bits per heavy atom. The van der Waals surface area contributed by atoms with Crippen LogP contribution in [0.15, 0.2) is 71.7 Å². The first-order chi connectivity index (χ1) is 16.0. The SMILES string of the molecule is CCCOc1cccc(N2C(=O)C(Nc3ccc(OC(C)C)cc3)=C(c3cccs3)C2=O)c1. The van der Waals surface area contributed by atoms with E-state index < -0.39 is 5.91 Å². The molecule has 0 aliphatic carbocycles. The average Bonchev–Trinajstić information content (AvgIpc) is 3.40. The molecule has 0 bridgehead atoms. The maximum Gasteiger partial charge on any atom is 0.282 e. The van der Waals surface area contributed by atoms with Crippen LogP contribution in [-0.2, 0) is 9.59 Å². The van der Waals surface area contributed by atoms with Crippen molar-refractivity contribution < 1.29 is 19.1 Å². The van der Waals surface area contributed by atoms with E-state index in [1.54, 1.807) is 18.2 Å². The van der Waals surface area contributed by atoms with Crippen molar-refractivity contribution >= 4 is 40.1 Å². The molecule has 0 atom stereocenters. The fourth-order valence-corrected chi connectivity index (χ4v) is 4.26. The molecule has 6 nitrogen and oxygen atoms in total. The Hall–Kier alpha value is -3.58. The van der Waals surface area contributed by atoms with Crippen LogP contribution in [0.5, 0.6) is 11.5 Å². The Balaban J connectivity index is 1.67. The lowest BCUT2D eigenvalue weighted by atomic mass is 10.2. The summed E-state index contributed by atoms with van der Waals surface area (Å²) >= 11 is 1.42. The van der Waals surface area contributed by atoms with E-state index in [1.807, 2.05) is 68.6 Å². The van der Waals surface area contributed by atoms with Crippen LogP contribution in [0, 0.1) is 0 Å². The first-order valence-corrected chi connectivity index (χ1v) is 11.8. The molecule has 1 aliphatic rings. The van der Waals surface area contributed by atoms with Gasteiger partial charge < -0.3 is 14.8 Å². The van der Waals surface area contributed by atoms with E-state index in [1.165, 1.54) is 16.2 Å². The highest BCUT2D eigenvalue weighted by atomic mass is 32.1. The first-order valence-electron chi connectivity index (χ1n) is 10.9. The molecule has 0 fully saturated rings. The number of carbonyl (C=O) groups excluding carboxylic acids is 2. The Labute approximate surface area is 197 Å². The first kappa shape index (κ1) is 22.6. The molecular formula is C26H26N2O4S. The Morgan fingerprint density at radius 3 is 2.42 bits per heavy atom. The normalized spacial score (nSPS) is 13.8. The van der Waals surface area contributed by atoms with E-state index in [2.05, 4.69) is 5.32 Å². The van der Waals surface area contributed by atoms with E-state index in [0.717, 1.165) is 17.0 Å². The molecule has 0 spiro atoms. The summed E-state index contributed by atoms with van der Waals surface area (Å²) in [5.41, 5.74) is 1.78. The molecule has 7 heteroatoms. The number of ether oxygens (including phenoxy) is 2. The zero-order valence-corrected chi connectivity index (χ0v) is 19.6. The number of imide groups is 1. The minimum absolute atomic E-state index is 0.0663. The zero-order chi connectivity index (χ0) is 23.4. The van der Waals surface area contributed by atoms with E-state index in [4.69, 9.17) is 9.47 Å². The van der Waals surface area contributed by atoms with E-state index in [9.17, 15) is 9.59 Å². The Kier molecular flexibility index (Phi) is 6.79. The molecular weight excluding hydrogens is 436 g/mol. The fraction of sp³-hybridized carbons (Fsp3) is 0.231. The predicted octanol–water partition coefficient (Wildman–Crippen LogP) is 5.72. The van der Waals surface area contributed by atoms with E-state index >= 15 is 0 Å². The molecule has 2 amide bonds. The zero-order valence-electron chi connectivity index (χ0n) is 18.8. The largest absolute Gasteiger partial charge is 0.494 e. The number of hydrogen-bond donors (Lipinski definition) is 1. The lowest BCUT2D eigenvalue weighted by molar-refractivity contribution is -0.120. The second kappa shape index (κ2) is 9.92. The van der Waals surface area contributed by atoms with Crippen LogP contribution in [0.3, 0.4) is 0 Å².